The number of amides is 1. The van der Waals surface area contributed by atoms with Crippen molar-refractivity contribution in [2.45, 2.75) is 24.3 Å². The van der Waals surface area contributed by atoms with Crippen LogP contribution < -0.4 is 0 Å². The maximum absolute atomic E-state index is 12.1. The van der Waals surface area contributed by atoms with Crippen molar-refractivity contribution in [1.29, 1.82) is 0 Å². The molecule has 92 valence electrons. The molecule has 1 amide bonds. The normalized spacial score (nSPS) is 20.4. The van der Waals surface area contributed by atoms with Gasteiger partial charge in [0.15, 0.2) is 0 Å². The van der Waals surface area contributed by atoms with Crippen LogP contribution in [0.5, 0.6) is 0 Å². The Morgan fingerprint density at radius 3 is 2.82 bits per heavy atom. The molecule has 0 spiro atoms. The highest BCUT2D eigenvalue weighted by molar-refractivity contribution is 7.80. The first-order valence-corrected chi connectivity index (χ1v) is 6.26. The topological polar surface area (TPSA) is 29.5 Å². The highest BCUT2D eigenvalue weighted by Gasteiger charge is 2.23. The molecule has 0 bridgehead atoms. The highest BCUT2D eigenvalue weighted by Crippen LogP contribution is 2.12. The van der Waals surface area contributed by atoms with E-state index in [1.54, 1.807) is 0 Å². The lowest BCUT2D eigenvalue weighted by atomic mass is 10.1. The van der Waals surface area contributed by atoms with Gasteiger partial charge in [-0.05, 0) is 24.6 Å². The van der Waals surface area contributed by atoms with Gasteiger partial charge in [0.25, 0.3) is 0 Å². The lowest BCUT2D eigenvalue weighted by Crippen LogP contribution is -2.47. The Labute approximate surface area is 107 Å². The van der Waals surface area contributed by atoms with Crippen LogP contribution in [0.2, 0.25) is 0 Å². The molecule has 1 fully saturated rings. The number of thiol groups is 1. The van der Waals surface area contributed by atoms with Gasteiger partial charge in [-0.3, -0.25) is 4.79 Å². The molecule has 0 N–H and O–H groups in total. The zero-order chi connectivity index (χ0) is 12.3. The van der Waals surface area contributed by atoms with Gasteiger partial charge >= 0.3 is 0 Å². The van der Waals surface area contributed by atoms with Crippen LogP contribution >= 0.6 is 12.6 Å². The second-order valence-electron chi connectivity index (χ2n) is 4.35. The van der Waals surface area contributed by atoms with Gasteiger partial charge in [-0.15, -0.1) is 12.6 Å². The van der Waals surface area contributed by atoms with Crippen LogP contribution in [0.25, 0.3) is 0 Å². The van der Waals surface area contributed by atoms with Gasteiger partial charge in [-0.2, -0.15) is 0 Å². The fourth-order valence-electron chi connectivity index (χ4n) is 1.99. The predicted molar refractivity (Wildman–Crippen MR) is 69.4 cm³/mol. The first-order valence-electron chi connectivity index (χ1n) is 5.82. The van der Waals surface area contributed by atoms with Crippen molar-refractivity contribution < 1.29 is 9.53 Å². The highest BCUT2D eigenvalue weighted by atomic mass is 32.1. The van der Waals surface area contributed by atoms with Gasteiger partial charge in [-0.25, -0.2) is 0 Å². The van der Waals surface area contributed by atoms with Crippen molar-refractivity contribution in [1.82, 2.24) is 4.90 Å². The Morgan fingerprint density at radius 1 is 1.47 bits per heavy atom. The molecule has 2 rings (SSSR count). The molecule has 4 heteroatoms. The minimum atomic E-state index is 0.174. The monoisotopic (exact) mass is 251 g/mol. The van der Waals surface area contributed by atoms with Crippen molar-refractivity contribution in [3.05, 3.63) is 29.8 Å². The summed E-state index contributed by atoms with van der Waals surface area (Å²) in [5.74, 6) is 0.174. The first kappa shape index (κ1) is 12.5. The van der Waals surface area contributed by atoms with Gasteiger partial charge in [0.1, 0.15) is 0 Å². The molecular formula is C13H17NO2S. The first-order chi connectivity index (χ1) is 8.16. The fraction of sp³-hybridized carbons (Fsp3) is 0.462. The second kappa shape index (κ2) is 5.56. The minimum absolute atomic E-state index is 0.174. The number of ether oxygens (including phenoxy) is 1. The van der Waals surface area contributed by atoms with Gasteiger partial charge in [-0.1, -0.05) is 12.1 Å². The number of carbonyl (C=O) groups excluding carboxylic acids is 1. The molecule has 1 unspecified atom stereocenters. The molecule has 1 aliphatic rings. The van der Waals surface area contributed by atoms with Crippen LogP contribution in [-0.2, 0) is 16.0 Å². The summed E-state index contributed by atoms with van der Waals surface area (Å²) >= 11 is 4.23. The van der Waals surface area contributed by atoms with E-state index >= 15 is 0 Å². The molecule has 1 aromatic rings. The van der Waals surface area contributed by atoms with Crippen molar-refractivity contribution >= 4 is 18.5 Å². The maximum Gasteiger partial charge on any atom is 0.227 e. The van der Waals surface area contributed by atoms with Gasteiger partial charge < -0.3 is 9.64 Å². The molecule has 0 aliphatic carbocycles. The second-order valence-corrected chi connectivity index (χ2v) is 4.87. The molecular weight excluding hydrogens is 234 g/mol. The molecule has 1 aromatic carbocycles. The molecule has 0 aromatic heterocycles. The fourth-order valence-corrected chi connectivity index (χ4v) is 2.14. The average molecular weight is 251 g/mol. The summed E-state index contributed by atoms with van der Waals surface area (Å²) in [6, 6.07) is 7.90. The van der Waals surface area contributed by atoms with Crippen LogP contribution in [0.1, 0.15) is 12.5 Å². The number of benzene rings is 1. The van der Waals surface area contributed by atoms with Crippen LogP contribution in [-0.4, -0.2) is 36.6 Å². The number of carbonyl (C=O) groups is 1. The quantitative estimate of drug-likeness (QED) is 0.812. The summed E-state index contributed by atoms with van der Waals surface area (Å²) in [4.78, 5) is 14.9. The average Bonchev–Trinajstić information content (AvgIpc) is 2.32. The van der Waals surface area contributed by atoms with Crippen LogP contribution in [0.4, 0.5) is 0 Å². The van der Waals surface area contributed by atoms with E-state index in [1.165, 1.54) is 0 Å². The summed E-state index contributed by atoms with van der Waals surface area (Å²) in [6.07, 6.45) is 0.457. The largest absolute Gasteiger partial charge is 0.377 e. The number of nitrogens with zero attached hydrogens (tertiary/aromatic N) is 1. The third-order valence-corrected chi connectivity index (χ3v) is 3.28. The molecule has 0 radical (unpaired) electrons. The molecule has 1 atom stereocenters. The van der Waals surface area contributed by atoms with Crippen LogP contribution in [0.3, 0.4) is 0 Å². The molecule has 1 saturated heterocycles. The summed E-state index contributed by atoms with van der Waals surface area (Å²) < 4.78 is 5.32. The van der Waals surface area contributed by atoms with E-state index in [-0.39, 0.29) is 11.9 Å². The van der Waals surface area contributed by atoms with Gasteiger partial charge in [0.05, 0.1) is 25.7 Å². The van der Waals surface area contributed by atoms with Crippen molar-refractivity contribution in [3.8, 4) is 0 Å². The summed E-state index contributed by atoms with van der Waals surface area (Å²) in [5.41, 5.74) is 1.03. The summed E-state index contributed by atoms with van der Waals surface area (Å²) in [6.45, 7) is 4.01. The zero-order valence-corrected chi connectivity index (χ0v) is 10.8. The third-order valence-electron chi connectivity index (χ3n) is 2.98. The molecule has 17 heavy (non-hydrogen) atoms. The Morgan fingerprint density at radius 2 is 2.18 bits per heavy atom. The lowest BCUT2D eigenvalue weighted by molar-refractivity contribution is -0.138. The Balaban J connectivity index is 1.98. The summed E-state index contributed by atoms with van der Waals surface area (Å²) in [7, 11) is 0. The van der Waals surface area contributed by atoms with Gasteiger partial charge in [0.2, 0.25) is 5.91 Å². The molecule has 3 nitrogen and oxygen atoms in total. The minimum Gasteiger partial charge on any atom is -0.377 e. The number of hydrogen-bond acceptors (Lipinski definition) is 3. The standard InChI is InChI=1S/C13H17NO2S/c1-10-9-16-7-6-14(10)13(15)8-11-2-4-12(17)5-3-11/h2-5,10,17H,6-9H2,1H3. The van der Waals surface area contributed by atoms with E-state index in [0.29, 0.717) is 26.2 Å². The molecule has 1 heterocycles. The smallest absolute Gasteiger partial charge is 0.227 e. The van der Waals surface area contributed by atoms with Crippen molar-refractivity contribution in [3.63, 3.8) is 0 Å². The van der Waals surface area contributed by atoms with E-state index in [9.17, 15) is 4.79 Å². The Bertz CT molecular complexity index is 391. The van der Waals surface area contributed by atoms with E-state index in [0.717, 1.165) is 10.5 Å². The van der Waals surface area contributed by atoms with Crippen molar-refractivity contribution in [2.75, 3.05) is 19.8 Å². The Kier molecular flexibility index (Phi) is 4.07. The molecule has 0 saturated carbocycles. The number of morpholine rings is 1. The van der Waals surface area contributed by atoms with Crippen LogP contribution in [0, 0.1) is 0 Å². The van der Waals surface area contributed by atoms with Crippen LogP contribution in [0.15, 0.2) is 29.2 Å². The third kappa shape index (κ3) is 3.23. The predicted octanol–water partition coefficient (Wildman–Crippen LogP) is 1.77. The number of hydrogen-bond donors (Lipinski definition) is 1. The van der Waals surface area contributed by atoms with E-state index in [1.807, 2.05) is 36.1 Å². The zero-order valence-electron chi connectivity index (χ0n) is 9.93. The van der Waals surface area contributed by atoms with E-state index < -0.39 is 0 Å². The van der Waals surface area contributed by atoms with Gasteiger partial charge in [0, 0.05) is 11.4 Å². The van der Waals surface area contributed by atoms with E-state index in [2.05, 4.69) is 12.6 Å². The summed E-state index contributed by atoms with van der Waals surface area (Å²) in [5, 5.41) is 0. The van der Waals surface area contributed by atoms with E-state index in [4.69, 9.17) is 4.74 Å². The lowest BCUT2D eigenvalue weighted by Gasteiger charge is -2.33. The molecule has 1 aliphatic heterocycles. The van der Waals surface area contributed by atoms with Crippen molar-refractivity contribution in [2.24, 2.45) is 0 Å². The Hall–Kier alpha value is -1.00. The SMILES string of the molecule is CC1COCCN1C(=O)Cc1ccc(S)cc1. The maximum atomic E-state index is 12.1. The number of rotatable bonds is 2.